The van der Waals surface area contributed by atoms with Gasteiger partial charge in [-0.3, -0.25) is 0 Å². The fraction of sp³-hybridized carbons (Fsp3) is 0.867. The largest absolute Gasteiger partial charge is 0.386 e. The van der Waals surface area contributed by atoms with Crippen molar-refractivity contribution in [2.75, 3.05) is 7.11 Å². The molecule has 1 fully saturated rings. The van der Waals surface area contributed by atoms with Crippen molar-refractivity contribution in [3.8, 4) is 0 Å². The highest BCUT2D eigenvalue weighted by Gasteiger charge is 2.36. The van der Waals surface area contributed by atoms with E-state index >= 15 is 0 Å². The van der Waals surface area contributed by atoms with Crippen LogP contribution in [0.1, 0.15) is 64.2 Å². The van der Waals surface area contributed by atoms with Gasteiger partial charge in [0.15, 0.2) is 0 Å². The SMILES string of the molecule is COC1CCC(O)(C2=CCCCCCC2)CC1. The molecule has 0 heterocycles. The first-order valence-electron chi connectivity index (χ1n) is 7.19. The van der Waals surface area contributed by atoms with E-state index in [1.807, 2.05) is 0 Å². The average molecular weight is 238 g/mol. The van der Waals surface area contributed by atoms with Gasteiger partial charge in [0.25, 0.3) is 0 Å². The molecule has 0 atom stereocenters. The van der Waals surface area contributed by atoms with Gasteiger partial charge >= 0.3 is 0 Å². The minimum absolute atomic E-state index is 0.365. The Morgan fingerprint density at radius 1 is 1.18 bits per heavy atom. The van der Waals surface area contributed by atoms with E-state index in [1.54, 1.807) is 7.11 Å². The molecule has 0 aromatic heterocycles. The van der Waals surface area contributed by atoms with E-state index in [1.165, 1.54) is 31.3 Å². The molecule has 0 unspecified atom stereocenters. The number of methoxy groups -OCH3 is 1. The van der Waals surface area contributed by atoms with E-state index in [4.69, 9.17) is 4.74 Å². The molecular formula is C15H26O2. The van der Waals surface area contributed by atoms with Gasteiger partial charge in [-0.15, -0.1) is 0 Å². The van der Waals surface area contributed by atoms with Gasteiger partial charge in [0.05, 0.1) is 11.7 Å². The molecule has 0 amide bonds. The van der Waals surface area contributed by atoms with Crippen LogP contribution in [-0.2, 0) is 4.74 Å². The Morgan fingerprint density at radius 3 is 2.59 bits per heavy atom. The lowest BCUT2D eigenvalue weighted by Crippen LogP contribution is -2.38. The van der Waals surface area contributed by atoms with Crippen molar-refractivity contribution in [2.45, 2.75) is 75.9 Å². The fourth-order valence-corrected chi connectivity index (χ4v) is 3.24. The van der Waals surface area contributed by atoms with E-state index in [-0.39, 0.29) is 0 Å². The monoisotopic (exact) mass is 238 g/mol. The van der Waals surface area contributed by atoms with Crippen LogP contribution in [0.5, 0.6) is 0 Å². The molecule has 1 N–H and O–H groups in total. The highest BCUT2D eigenvalue weighted by Crippen LogP contribution is 2.38. The van der Waals surface area contributed by atoms with Crippen LogP contribution in [0.3, 0.4) is 0 Å². The summed E-state index contributed by atoms with van der Waals surface area (Å²) in [6.07, 6.45) is 14.0. The van der Waals surface area contributed by atoms with Crippen LogP contribution in [-0.4, -0.2) is 23.9 Å². The second-order valence-corrected chi connectivity index (χ2v) is 5.65. The summed E-state index contributed by atoms with van der Waals surface area (Å²) in [5.41, 5.74) is 0.818. The third-order valence-corrected chi connectivity index (χ3v) is 4.48. The number of rotatable bonds is 2. The van der Waals surface area contributed by atoms with Gasteiger partial charge in [-0.1, -0.05) is 18.9 Å². The zero-order valence-electron chi connectivity index (χ0n) is 11.1. The van der Waals surface area contributed by atoms with E-state index < -0.39 is 5.60 Å². The minimum Gasteiger partial charge on any atom is -0.386 e. The summed E-state index contributed by atoms with van der Waals surface area (Å²) < 4.78 is 5.39. The van der Waals surface area contributed by atoms with Gasteiger partial charge in [-0.25, -0.2) is 0 Å². The Balaban J connectivity index is 1.99. The fourth-order valence-electron chi connectivity index (χ4n) is 3.24. The normalized spacial score (nSPS) is 35.9. The van der Waals surface area contributed by atoms with Gasteiger partial charge in [-0.05, 0) is 56.9 Å². The summed E-state index contributed by atoms with van der Waals surface area (Å²) in [5, 5.41) is 10.8. The predicted octanol–water partition coefficient (Wildman–Crippen LogP) is 3.59. The molecule has 2 nitrogen and oxygen atoms in total. The van der Waals surface area contributed by atoms with Crippen LogP contribution < -0.4 is 0 Å². The molecule has 17 heavy (non-hydrogen) atoms. The van der Waals surface area contributed by atoms with Gasteiger partial charge in [0, 0.05) is 7.11 Å². The van der Waals surface area contributed by atoms with Crippen molar-refractivity contribution in [3.05, 3.63) is 11.6 Å². The Bertz CT molecular complexity index is 262. The van der Waals surface area contributed by atoms with E-state index in [2.05, 4.69) is 6.08 Å². The summed E-state index contributed by atoms with van der Waals surface area (Å²) in [7, 11) is 1.78. The Labute approximate surface area is 105 Å². The Hall–Kier alpha value is -0.340. The molecule has 0 aliphatic heterocycles. The topological polar surface area (TPSA) is 29.5 Å². The van der Waals surface area contributed by atoms with Crippen LogP contribution in [0.2, 0.25) is 0 Å². The smallest absolute Gasteiger partial charge is 0.0858 e. The van der Waals surface area contributed by atoms with Crippen LogP contribution in [0, 0.1) is 0 Å². The molecule has 2 aliphatic rings. The second kappa shape index (κ2) is 6.01. The first kappa shape index (κ1) is 13.1. The van der Waals surface area contributed by atoms with E-state index in [9.17, 15) is 5.11 Å². The molecule has 98 valence electrons. The second-order valence-electron chi connectivity index (χ2n) is 5.65. The third kappa shape index (κ3) is 3.32. The molecule has 0 bridgehead atoms. The van der Waals surface area contributed by atoms with Gasteiger partial charge < -0.3 is 9.84 Å². The molecule has 0 aromatic carbocycles. The van der Waals surface area contributed by atoms with Crippen molar-refractivity contribution in [1.82, 2.24) is 0 Å². The molecule has 1 saturated carbocycles. The number of hydrogen-bond donors (Lipinski definition) is 1. The molecule has 0 spiro atoms. The molecule has 2 heteroatoms. The van der Waals surface area contributed by atoms with E-state index in [0.717, 1.165) is 38.5 Å². The summed E-state index contributed by atoms with van der Waals surface area (Å²) in [6.45, 7) is 0. The first-order valence-corrected chi connectivity index (χ1v) is 7.19. The lowest BCUT2D eigenvalue weighted by atomic mass is 9.75. The van der Waals surface area contributed by atoms with Gasteiger partial charge in [0.1, 0.15) is 0 Å². The standard InChI is InChI=1S/C15H26O2/c1-17-14-9-11-15(16,12-10-14)13-7-5-3-2-4-6-8-13/h7,14,16H,2-6,8-12H2,1H3. The summed E-state index contributed by atoms with van der Waals surface area (Å²) in [4.78, 5) is 0. The molecule has 2 aliphatic carbocycles. The maximum absolute atomic E-state index is 10.8. The van der Waals surface area contributed by atoms with Crippen LogP contribution in [0.25, 0.3) is 0 Å². The average Bonchev–Trinajstić information content (AvgIpc) is 2.29. The van der Waals surface area contributed by atoms with Crippen LogP contribution in [0.15, 0.2) is 11.6 Å². The minimum atomic E-state index is -0.508. The first-order chi connectivity index (χ1) is 8.24. The summed E-state index contributed by atoms with van der Waals surface area (Å²) in [5.74, 6) is 0. The highest BCUT2D eigenvalue weighted by molar-refractivity contribution is 5.18. The Morgan fingerprint density at radius 2 is 1.88 bits per heavy atom. The molecule has 0 aromatic rings. The Kier molecular flexibility index (Phi) is 4.63. The molecular weight excluding hydrogens is 212 g/mol. The van der Waals surface area contributed by atoms with Crippen molar-refractivity contribution >= 4 is 0 Å². The zero-order chi connectivity index (χ0) is 12.1. The van der Waals surface area contributed by atoms with Crippen molar-refractivity contribution in [1.29, 1.82) is 0 Å². The highest BCUT2D eigenvalue weighted by atomic mass is 16.5. The van der Waals surface area contributed by atoms with E-state index in [0.29, 0.717) is 6.10 Å². The quantitative estimate of drug-likeness (QED) is 0.745. The third-order valence-electron chi connectivity index (χ3n) is 4.48. The van der Waals surface area contributed by atoms with Crippen LogP contribution >= 0.6 is 0 Å². The molecule has 2 rings (SSSR count). The zero-order valence-corrected chi connectivity index (χ0v) is 11.1. The number of aliphatic hydroxyl groups is 1. The van der Waals surface area contributed by atoms with Crippen LogP contribution in [0.4, 0.5) is 0 Å². The molecule has 0 radical (unpaired) electrons. The number of ether oxygens (including phenoxy) is 1. The lowest BCUT2D eigenvalue weighted by Gasteiger charge is -2.38. The lowest BCUT2D eigenvalue weighted by molar-refractivity contribution is -0.0225. The molecule has 0 saturated heterocycles. The maximum atomic E-state index is 10.8. The number of allylic oxidation sites excluding steroid dienone is 1. The van der Waals surface area contributed by atoms with Gasteiger partial charge in [-0.2, -0.15) is 0 Å². The van der Waals surface area contributed by atoms with Crippen molar-refractivity contribution in [3.63, 3.8) is 0 Å². The van der Waals surface area contributed by atoms with Crippen molar-refractivity contribution < 1.29 is 9.84 Å². The predicted molar refractivity (Wildman–Crippen MR) is 70.0 cm³/mol. The van der Waals surface area contributed by atoms with Crippen molar-refractivity contribution in [2.24, 2.45) is 0 Å². The summed E-state index contributed by atoms with van der Waals surface area (Å²) in [6, 6.07) is 0. The summed E-state index contributed by atoms with van der Waals surface area (Å²) >= 11 is 0. The number of hydrogen-bond acceptors (Lipinski definition) is 2. The van der Waals surface area contributed by atoms with Gasteiger partial charge in [0.2, 0.25) is 0 Å². The maximum Gasteiger partial charge on any atom is 0.0858 e.